The average Bonchev–Trinajstić information content (AvgIpc) is 1.90. The smallest absolute Gasteiger partial charge is 0.0850 e. The maximum absolute atomic E-state index is 3.34. The van der Waals surface area contributed by atoms with Crippen molar-refractivity contribution >= 4 is 15.9 Å². The van der Waals surface area contributed by atoms with Crippen molar-refractivity contribution in [3.8, 4) is 0 Å². The van der Waals surface area contributed by atoms with Crippen molar-refractivity contribution in [2.24, 2.45) is 0 Å². The number of rotatable bonds is 1. The van der Waals surface area contributed by atoms with Crippen molar-refractivity contribution in [2.45, 2.75) is 0 Å². The second kappa shape index (κ2) is 2.81. The Hall–Kier alpha value is -0.390. The first-order valence-corrected chi connectivity index (χ1v) is 3.56. The first-order valence-electron chi connectivity index (χ1n) is 2.44. The lowest BCUT2D eigenvalue weighted by atomic mass is 10.2. The minimum atomic E-state index is 0.932. The molecule has 0 aromatic heterocycles. The van der Waals surface area contributed by atoms with Crippen LogP contribution in [0.25, 0.3) is 0 Å². The number of hydrogen-bond donors (Lipinski definition) is 0. The Morgan fingerprint density at radius 3 is 2.88 bits per heavy atom. The molecule has 0 spiro atoms. The van der Waals surface area contributed by atoms with Gasteiger partial charge in [0.15, 0.2) is 0 Å². The zero-order valence-electron chi connectivity index (χ0n) is 4.39. The van der Waals surface area contributed by atoms with Gasteiger partial charge in [-0.05, 0) is 0 Å². The van der Waals surface area contributed by atoms with E-state index in [2.05, 4.69) is 22.0 Å². The van der Waals surface area contributed by atoms with Crippen LogP contribution >= 0.6 is 15.9 Å². The lowest BCUT2D eigenvalue weighted by molar-refractivity contribution is 1.52. The Morgan fingerprint density at radius 2 is 2.50 bits per heavy atom. The highest BCUT2D eigenvalue weighted by Crippen LogP contribution is 2.04. The van der Waals surface area contributed by atoms with Gasteiger partial charge in [-0.1, -0.05) is 15.9 Å². The van der Waals surface area contributed by atoms with E-state index in [1.54, 1.807) is 0 Å². The lowest BCUT2D eigenvalue weighted by Crippen LogP contribution is -1.79. The van der Waals surface area contributed by atoms with Gasteiger partial charge in [0, 0.05) is 6.08 Å². The summed E-state index contributed by atoms with van der Waals surface area (Å²) in [5.41, 5.74) is 1.30. The van der Waals surface area contributed by atoms with E-state index >= 15 is 0 Å². The van der Waals surface area contributed by atoms with Gasteiger partial charge in [-0.15, -0.1) is 0 Å². The minimum absolute atomic E-state index is 0.932. The second-order valence-electron chi connectivity index (χ2n) is 1.54. The molecule has 0 aromatic rings. The Bertz CT molecular complexity index is 152. The molecule has 0 saturated heterocycles. The van der Waals surface area contributed by atoms with Crippen molar-refractivity contribution in [3.63, 3.8) is 0 Å². The van der Waals surface area contributed by atoms with Crippen LogP contribution in [0.4, 0.5) is 0 Å². The fraction of sp³-hybridized carbons (Fsp3) is 0.143. The van der Waals surface area contributed by atoms with E-state index in [9.17, 15) is 0 Å². The van der Waals surface area contributed by atoms with E-state index in [-0.39, 0.29) is 0 Å². The third kappa shape index (κ3) is 1.29. The van der Waals surface area contributed by atoms with Gasteiger partial charge in [-0.3, -0.25) is 0 Å². The van der Waals surface area contributed by atoms with Gasteiger partial charge >= 0.3 is 0 Å². The molecular formula is C7H6Br+. The monoisotopic (exact) mass is 169 g/mol. The third-order valence-electron chi connectivity index (χ3n) is 0.942. The standard InChI is InChI=1S/C7H6Br/c8-6-7-4-2-1-3-5-7/h2-5H,6H2/q+1. The van der Waals surface area contributed by atoms with Crippen molar-refractivity contribution in [2.75, 3.05) is 5.33 Å². The molecule has 0 radical (unpaired) electrons. The summed E-state index contributed by atoms with van der Waals surface area (Å²) in [7, 11) is 0. The van der Waals surface area contributed by atoms with Gasteiger partial charge in [0.1, 0.15) is 12.2 Å². The highest BCUT2D eigenvalue weighted by Gasteiger charge is 1.96. The molecule has 1 aliphatic carbocycles. The molecule has 0 nitrogen and oxygen atoms in total. The lowest BCUT2D eigenvalue weighted by Gasteiger charge is -1.84. The summed E-state index contributed by atoms with van der Waals surface area (Å²) in [6.07, 6.45) is 10.8. The highest BCUT2D eigenvalue weighted by molar-refractivity contribution is 9.09. The molecule has 0 saturated carbocycles. The summed E-state index contributed by atoms with van der Waals surface area (Å²) < 4.78 is 0. The SMILES string of the molecule is BrCC1=CC=[C+]C=C1. The van der Waals surface area contributed by atoms with Crippen molar-refractivity contribution in [3.05, 3.63) is 36.0 Å². The predicted molar refractivity (Wildman–Crippen MR) is 38.8 cm³/mol. The topological polar surface area (TPSA) is 0 Å². The van der Waals surface area contributed by atoms with Crippen LogP contribution in [0.2, 0.25) is 0 Å². The Kier molecular flexibility index (Phi) is 2.01. The third-order valence-corrected chi connectivity index (χ3v) is 1.59. The quantitative estimate of drug-likeness (QED) is 0.418. The molecule has 1 rings (SSSR count). The molecule has 1 aliphatic rings. The fourth-order valence-electron chi connectivity index (χ4n) is 0.510. The molecule has 40 valence electrons. The molecule has 8 heavy (non-hydrogen) atoms. The van der Waals surface area contributed by atoms with Crippen molar-refractivity contribution in [1.29, 1.82) is 0 Å². The van der Waals surface area contributed by atoms with Gasteiger partial charge in [-0.25, -0.2) is 0 Å². The normalized spacial score (nSPS) is 15.4. The summed E-state index contributed by atoms with van der Waals surface area (Å²) in [5.74, 6) is 0. The Morgan fingerprint density at radius 1 is 1.62 bits per heavy atom. The summed E-state index contributed by atoms with van der Waals surface area (Å²) in [6.45, 7) is 0. The minimum Gasteiger partial charge on any atom is -0.0850 e. The zero-order chi connectivity index (χ0) is 5.82. The number of alkyl halides is 1. The first-order chi connectivity index (χ1) is 3.93. The van der Waals surface area contributed by atoms with Gasteiger partial charge < -0.3 is 0 Å². The molecule has 0 N–H and O–H groups in total. The maximum Gasteiger partial charge on any atom is 0.103 e. The van der Waals surface area contributed by atoms with Crippen LogP contribution in [0, 0.1) is 6.08 Å². The molecule has 0 aliphatic heterocycles. The van der Waals surface area contributed by atoms with E-state index in [1.807, 2.05) is 24.3 Å². The summed E-state index contributed by atoms with van der Waals surface area (Å²) >= 11 is 3.34. The molecule has 0 heterocycles. The summed E-state index contributed by atoms with van der Waals surface area (Å²) in [4.78, 5) is 0. The number of hydrogen-bond acceptors (Lipinski definition) is 0. The number of halogens is 1. The first kappa shape index (κ1) is 5.74. The van der Waals surface area contributed by atoms with E-state index in [0.717, 1.165) is 5.33 Å². The van der Waals surface area contributed by atoms with Gasteiger partial charge in [0.2, 0.25) is 0 Å². The number of allylic oxidation sites excluding steroid dienone is 6. The van der Waals surface area contributed by atoms with Gasteiger partial charge in [0.05, 0.1) is 23.1 Å². The van der Waals surface area contributed by atoms with E-state index < -0.39 is 0 Å². The molecule has 0 atom stereocenters. The average molecular weight is 170 g/mol. The summed E-state index contributed by atoms with van der Waals surface area (Å²) in [5, 5.41) is 0.932. The Labute approximate surface area is 57.7 Å². The summed E-state index contributed by atoms with van der Waals surface area (Å²) in [6, 6.07) is 0. The van der Waals surface area contributed by atoms with E-state index in [0.29, 0.717) is 0 Å². The molecule has 0 amide bonds. The molecule has 0 fully saturated rings. The van der Waals surface area contributed by atoms with Crippen LogP contribution < -0.4 is 0 Å². The van der Waals surface area contributed by atoms with E-state index in [1.165, 1.54) is 5.57 Å². The van der Waals surface area contributed by atoms with E-state index in [4.69, 9.17) is 0 Å². The van der Waals surface area contributed by atoms with Crippen molar-refractivity contribution < 1.29 is 0 Å². The van der Waals surface area contributed by atoms with Crippen LogP contribution in [-0.2, 0) is 0 Å². The van der Waals surface area contributed by atoms with Gasteiger partial charge in [-0.2, -0.15) is 0 Å². The molecule has 0 aromatic carbocycles. The van der Waals surface area contributed by atoms with Crippen LogP contribution in [0.15, 0.2) is 29.9 Å². The molecular weight excluding hydrogens is 164 g/mol. The Balaban J connectivity index is 2.68. The van der Waals surface area contributed by atoms with Crippen LogP contribution in [-0.4, -0.2) is 5.33 Å². The van der Waals surface area contributed by atoms with Gasteiger partial charge in [0.25, 0.3) is 0 Å². The molecule has 1 heteroatoms. The van der Waals surface area contributed by atoms with Crippen LogP contribution in [0.3, 0.4) is 0 Å². The zero-order valence-corrected chi connectivity index (χ0v) is 5.98. The fourth-order valence-corrected chi connectivity index (χ4v) is 0.884. The second-order valence-corrected chi connectivity index (χ2v) is 2.10. The maximum atomic E-state index is 3.34. The molecule has 0 bridgehead atoms. The van der Waals surface area contributed by atoms with Crippen LogP contribution in [0.5, 0.6) is 0 Å². The predicted octanol–water partition coefficient (Wildman–Crippen LogP) is 2.24. The van der Waals surface area contributed by atoms with Crippen LogP contribution in [0.1, 0.15) is 0 Å². The largest absolute Gasteiger partial charge is 0.103 e. The van der Waals surface area contributed by atoms with Crippen molar-refractivity contribution in [1.82, 2.24) is 0 Å². The molecule has 0 unspecified atom stereocenters. The highest BCUT2D eigenvalue weighted by atomic mass is 79.9.